The van der Waals surface area contributed by atoms with Crippen molar-refractivity contribution < 1.29 is 4.74 Å². The maximum absolute atomic E-state index is 5.74. The molecule has 3 rings (SSSR count). The van der Waals surface area contributed by atoms with E-state index in [0.717, 1.165) is 29.7 Å². The smallest absolute Gasteiger partial charge is 0.150 e. The zero-order chi connectivity index (χ0) is 10.1. The molecule has 0 saturated heterocycles. The maximum atomic E-state index is 5.74. The Morgan fingerprint density at radius 3 is 2.94 bits per heavy atom. The summed E-state index contributed by atoms with van der Waals surface area (Å²) in [6.07, 6.45) is 1.81. The van der Waals surface area contributed by atoms with E-state index in [0.29, 0.717) is 6.61 Å². The van der Waals surface area contributed by atoms with Gasteiger partial charge in [-0.15, -0.1) is 24.8 Å². The number of rotatable bonds is 0. The summed E-state index contributed by atoms with van der Waals surface area (Å²) < 4.78 is 5.74. The monoisotopic (exact) mass is 272 g/mol. The maximum Gasteiger partial charge on any atom is 0.150 e. The number of aromatic nitrogens is 1. The van der Waals surface area contributed by atoms with Crippen LogP contribution in [0, 0.1) is 0 Å². The normalized spacial score (nSPS) is 13.6. The Morgan fingerprint density at radius 2 is 2.06 bits per heavy atom. The van der Waals surface area contributed by atoms with E-state index in [4.69, 9.17) is 4.74 Å². The van der Waals surface area contributed by atoms with Crippen LogP contribution in [0.3, 0.4) is 0 Å². The summed E-state index contributed by atoms with van der Waals surface area (Å²) in [5.41, 5.74) is 2.16. The van der Waals surface area contributed by atoms with Gasteiger partial charge in [0.2, 0.25) is 0 Å². The van der Waals surface area contributed by atoms with Gasteiger partial charge in [-0.2, -0.15) is 0 Å². The number of benzene rings is 1. The van der Waals surface area contributed by atoms with E-state index in [1.54, 1.807) is 0 Å². The lowest BCUT2D eigenvalue weighted by Crippen LogP contribution is -2.16. The van der Waals surface area contributed by atoms with Crippen LogP contribution in [0.15, 0.2) is 30.5 Å². The van der Waals surface area contributed by atoms with E-state index in [-0.39, 0.29) is 24.8 Å². The van der Waals surface area contributed by atoms with Crippen molar-refractivity contribution in [2.24, 2.45) is 0 Å². The first-order valence-corrected chi connectivity index (χ1v) is 5.15. The molecule has 1 aliphatic rings. The van der Waals surface area contributed by atoms with Gasteiger partial charge in [-0.3, -0.25) is 4.98 Å². The number of hydrogen-bond acceptors (Lipinski definition) is 3. The third kappa shape index (κ3) is 2.63. The van der Waals surface area contributed by atoms with E-state index in [1.165, 1.54) is 5.56 Å². The number of ether oxygens (including phenoxy) is 1. The van der Waals surface area contributed by atoms with Crippen molar-refractivity contribution >= 4 is 35.7 Å². The minimum absolute atomic E-state index is 0. The second kappa shape index (κ2) is 6.05. The molecule has 0 atom stereocenters. The molecule has 2 heterocycles. The van der Waals surface area contributed by atoms with Crippen LogP contribution in [0.5, 0.6) is 5.75 Å². The quantitative estimate of drug-likeness (QED) is 0.801. The van der Waals surface area contributed by atoms with Crippen molar-refractivity contribution in [2.45, 2.75) is 6.54 Å². The minimum atomic E-state index is 0. The number of pyridine rings is 1. The van der Waals surface area contributed by atoms with Crippen LogP contribution in [0.25, 0.3) is 10.9 Å². The van der Waals surface area contributed by atoms with Crippen LogP contribution in [-0.4, -0.2) is 18.1 Å². The minimum Gasteiger partial charge on any atom is -0.490 e. The van der Waals surface area contributed by atoms with Gasteiger partial charge >= 0.3 is 0 Å². The molecule has 17 heavy (non-hydrogen) atoms. The number of fused-ring (bicyclic) bond motifs is 3. The number of hydrogen-bond donors (Lipinski definition) is 1. The average Bonchev–Trinajstić information content (AvgIpc) is 2.54. The van der Waals surface area contributed by atoms with Crippen molar-refractivity contribution in [1.82, 2.24) is 10.3 Å². The van der Waals surface area contributed by atoms with E-state index in [2.05, 4.69) is 28.5 Å². The lowest BCUT2D eigenvalue weighted by atomic mass is 10.1. The van der Waals surface area contributed by atoms with Crippen LogP contribution in [0.1, 0.15) is 5.56 Å². The molecule has 92 valence electrons. The summed E-state index contributed by atoms with van der Waals surface area (Å²) >= 11 is 0. The Morgan fingerprint density at radius 1 is 1.18 bits per heavy atom. The van der Waals surface area contributed by atoms with Crippen LogP contribution in [-0.2, 0) is 6.54 Å². The second-order valence-electron chi connectivity index (χ2n) is 3.65. The van der Waals surface area contributed by atoms with Crippen molar-refractivity contribution in [3.05, 3.63) is 36.0 Å². The molecule has 1 N–H and O–H groups in total. The third-order valence-electron chi connectivity index (χ3n) is 2.65. The topological polar surface area (TPSA) is 34.2 Å². The molecule has 0 unspecified atom stereocenters. The fourth-order valence-corrected chi connectivity index (χ4v) is 1.91. The van der Waals surface area contributed by atoms with Gasteiger partial charge in [0, 0.05) is 30.2 Å². The van der Waals surface area contributed by atoms with Crippen LogP contribution >= 0.6 is 24.8 Å². The zero-order valence-electron chi connectivity index (χ0n) is 9.18. The SMILES string of the molecule is Cl.Cl.c1cnc2c3c(ccc2c1)CNCCO3. The summed E-state index contributed by atoms with van der Waals surface area (Å²) in [5, 5.41) is 4.45. The molecule has 0 radical (unpaired) electrons. The number of nitrogens with zero attached hydrogens (tertiary/aromatic N) is 1. The molecule has 2 aromatic rings. The highest BCUT2D eigenvalue weighted by Gasteiger charge is 2.12. The summed E-state index contributed by atoms with van der Waals surface area (Å²) in [7, 11) is 0. The van der Waals surface area contributed by atoms with Gasteiger partial charge in [0.25, 0.3) is 0 Å². The molecule has 0 fully saturated rings. The summed E-state index contributed by atoms with van der Waals surface area (Å²) in [5.74, 6) is 0.943. The van der Waals surface area contributed by atoms with Gasteiger partial charge in [-0.05, 0) is 6.07 Å². The van der Waals surface area contributed by atoms with Gasteiger partial charge in [0.1, 0.15) is 17.9 Å². The molecular formula is C12H14Cl2N2O. The Labute approximate surface area is 112 Å². The molecule has 0 aliphatic carbocycles. The molecule has 0 amide bonds. The van der Waals surface area contributed by atoms with Gasteiger partial charge in [0.15, 0.2) is 0 Å². The Hall–Kier alpha value is -1.03. The second-order valence-corrected chi connectivity index (χ2v) is 3.65. The Bertz CT molecular complexity index is 505. The molecular weight excluding hydrogens is 259 g/mol. The first-order chi connectivity index (χ1) is 7.45. The molecule has 0 spiro atoms. The van der Waals surface area contributed by atoms with Crippen LogP contribution in [0.4, 0.5) is 0 Å². The predicted octanol–water partition coefficient (Wildman–Crippen LogP) is 2.56. The molecule has 0 bridgehead atoms. The van der Waals surface area contributed by atoms with E-state index >= 15 is 0 Å². The van der Waals surface area contributed by atoms with Crippen molar-refractivity contribution in [2.75, 3.05) is 13.2 Å². The molecule has 5 heteroatoms. The lowest BCUT2D eigenvalue weighted by Gasteiger charge is -2.08. The van der Waals surface area contributed by atoms with Gasteiger partial charge in [-0.1, -0.05) is 18.2 Å². The van der Waals surface area contributed by atoms with Crippen molar-refractivity contribution in [1.29, 1.82) is 0 Å². The average molecular weight is 273 g/mol. The number of nitrogens with one attached hydrogen (secondary N) is 1. The largest absolute Gasteiger partial charge is 0.490 e. The predicted molar refractivity (Wildman–Crippen MR) is 73.4 cm³/mol. The Kier molecular flexibility index (Phi) is 5.00. The zero-order valence-corrected chi connectivity index (χ0v) is 10.8. The fraction of sp³-hybridized carbons (Fsp3) is 0.250. The standard InChI is InChI=1S/C12H12N2O.2ClH/c1-2-9-3-4-10-8-13-6-7-15-12(10)11(9)14-5-1;;/h1-5,13H,6-8H2;2*1H. The summed E-state index contributed by atoms with van der Waals surface area (Å²) in [6.45, 7) is 2.47. The van der Waals surface area contributed by atoms with Gasteiger partial charge < -0.3 is 10.1 Å². The first-order valence-electron chi connectivity index (χ1n) is 5.15. The number of halogens is 2. The van der Waals surface area contributed by atoms with E-state index in [1.807, 2.05) is 12.3 Å². The fourth-order valence-electron chi connectivity index (χ4n) is 1.91. The summed E-state index contributed by atoms with van der Waals surface area (Å²) in [6, 6.07) is 8.21. The molecule has 1 aliphatic heterocycles. The van der Waals surface area contributed by atoms with E-state index < -0.39 is 0 Å². The van der Waals surface area contributed by atoms with Crippen LogP contribution < -0.4 is 10.1 Å². The lowest BCUT2D eigenvalue weighted by molar-refractivity contribution is 0.329. The molecule has 1 aromatic heterocycles. The van der Waals surface area contributed by atoms with Gasteiger partial charge in [0.05, 0.1) is 0 Å². The molecule has 1 aromatic carbocycles. The Balaban J connectivity index is 0.000000722. The highest BCUT2D eigenvalue weighted by Crippen LogP contribution is 2.28. The van der Waals surface area contributed by atoms with E-state index in [9.17, 15) is 0 Å². The highest BCUT2D eigenvalue weighted by molar-refractivity contribution is 5.86. The van der Waals surface area contributed by atoms with Crippen molar-refractivity contribution in [3.63, 3.8) is 0 Å². The molecule has 3 nitrogen and oxygen atoms in total. The first kappa shape index (κ1) is 14.0. The highest BCUT2D eigenvalue weighted by atomic mass is 35.5. The third-order valence-corrected chi connectivity index (χ3v) is 2.65. The molecule has 0 saturated carbocycles. The summed E-state index contributed by atoms with van der Waals surface area (Å²) in [4.78, 5) is 4.38. The van der Waals surface area contributed by atoms with Crippen molar-refractivity contribution in [3.8, 4) is 5.75 Å². The van der Waals surface area contributed by atoms with Gasteiger partial charge in [-0.25, -0.2) is 0 Å². The van der Waals surface area contributed by atoms with Crippen LogP contribution in [0.2, 0.25) is 0 Å².